The number of carbonyl (C=O) groups is 1. The number of alkyl halides is 3. The number of aryl methyl sites for hydroxylation is 1. The molecule has 0 bridgehead atoms. The fourth-order valence-corrected chi connectivity index (χ4v) is 4.34. The van der Waals surface area contributed by atoms with E-state index in [-0.39, 0.29) is 17.5 Å². The van der Waals surface area contributed by atoms with Crippen LogP contribution in [0, 0.1) is 6.92 Å². The second-order valence-corrected chi connectivity index (χ2v) is 9.27. The fourth-order valence-electron chi connectivity index (χ4n) is 4.04. The van der Waals surface area contributed by atoms with E-state index in [0.29, 0.717) is 43.9 Å². The molecule has 0 N–H and O–H groups in total. The molecule has 4 nitrogen and oxygen atoms in total. The number of nitrogens with zero attached hydrogens (tertiary/aromatic N) is 2. The number of ether oxygens (including phenoxy) is 1. The van der Waals surface area contributed by atoms with Crippen molar-refractivity contribution in [3.05, 3.63) is 93.8 Å². The molecule has 0 fully saturated rings. The minimum absolute atomic E-state index is 0.0652. The predicted molar refractivity (Wildman–Crippen MR) is 135 cm³/mol. The minimum atomic E-state index is -4.51. The zero-order valence-corrected chi connectivity index (χ0v) is 21.1. The van der Waals surface area contributed by atoms with Gasteiger partial charge in [0.1, 0.15) is 12.0 Å². The lowest BCUT2D eigenvalue weighted by Crippen LogP contribution is -2.30. The van der Waals surface area contributed by atoms with Gasteiger partial charge in [-0.05, 0) is 60.4 Å². The molecule has 1 unspecified atom stereocenters. The van der Waals surface area contributed by atoms with Crippen LogP contribution < -0.4 is 4.74 Å². The normalized spacial score (nSPS) is 12.5. The number of benzene rings is 2. The Hall–Kier alpha value is -2.90. The van der Waals surface area contributed by atoms with Gasteiger partial charge in [0, 0.05) is 43.9 Å². The van der Waals surface area contributed by atoms with Crippen LogP contribution in [-0.2, 0) is 23.9 Å². The van der Waals surface area contributed by atoms with Crippen LogP contribution in [0.2, 0.25) is 5.02 Å². The molecule has 0 aliphatic carbocycles. The van der Waals surface area contributed by atoms with Crippen LogP contribution in [0.15, 0.2) is 60.8 Å². The lowest BCUT2D eigenvalue weighted by atomic mass is 10.0. The monoisotopic (exact) mass is 518 g/mol. The zero-order valence-electron chi connectivity index (χ0n) is 20.4. The van der Waals surface area contributed by atoms with Gasteiger partial charge in [-0.3, -0.25) is 9.88 Å². The third-order valence-corrected chi connectivity index (χ3v) is 6.30. The molecule has 2 aromatic carbocycles. The first-order chi connectivity index (χ1) is 17.2. The largest absolute Gasteiger partial charge is 0.494 e. The summed E-state index contributed by atoms with van der Waals surface area (Å²) in [7, 11) is 0. The van der Waals surface area contributed by atoms with Gasteiger partial charge < -0.3 is 9.53 Å². The van der Waals surface area contributed by atoms with E-state index in [1.807, 2.05) is 43.3 Å². The van der Waals surface area contributed by atoms with Gasteiger partial charge in [0.15, 0.2) is 0 Å². The van der Waals surface area contributed by atoms with Crippen molar-refractivity contribution >= 4 is 17.9 Å². The molecule has 1 aromatic heterocycles. The molecular weight excluding hydrogens is 489 g/mol. The number of carbonyl (C=O) groups excluding carboxylic acids is 1. The molecule has 0 spiro atoms. The molecule has 0 saturated carbocycles. The van der Waals surface area contributed by atoms with Gasteiger partial charge in [-0.1, -0.05) is 42.8 Å². The molecule has 0 saturated heterocycles. The van der Waals surface area contributed by atoms with Crippen molar-refractivity contribution < 1.29 is 22.7 Å². The Kier molecular flexibility index (Phi) is 9.90. The Morgan fingerprint density at radius 1 is 1.14 bits per heavy atom. The molecule has 36 heavy (non-hydrogen) atoms. The number of rotatable bonds is 12. The van der Waals surface area contributed by atoms with Crippen molar-refractivity contribution in [2.75, 3.05) is 19.7 Å². The molecule has 3 aromatic rings. The zero-order chi connectivity index (χ0) is 26.1. The molecule has 0 aliphatic heterocycles. The van der Waals surface area contributed by atoms with E-state index in [9.17, 15) is 18.0 Å². The van der Waals surface area contributed by atoms with Crippen molar-refractivity contribution in [1.82, 2.24) is 9.88 Å². The average Bonchev–Trinajstić information content (AvgIpc) is 2.82. The Morgan fingerprint density at radius 2 is 1.92 bits per heavy atom. The van der Waals surface area contributed by atoms with E-state index in [1.54, 1.807) is 12.3 Å². The van der Waals surface area contributed by atoms with Gasteiger partial charge in [0.25, 0.3) is 0 Å². The van der Waals surface area contributed by atoms with Crippen molar-refractivity contribution in [2.24, 2.45) is 0 Å². The Labute approximate surface area is 215 Å². The second-order valence-electron chi connectivity index (χ2n) is 8.89. The number of aldehydes is 1. The van der Waals surface area contributed by atoms with E-state index in [1.165, 1.54) is 6.07 Å². The maximum atomic E-state index is 13.4. The lowest BCUT2D eigenvalue weighted by molar-refractivity contribution is -0.137. The summed E-state index contributed by atoms with van der Waals surface area (Å²) < 4.78 is 46.0. The first kappa shape index (κ1) is 27.7. The van der Waals surface area contributed by atoms with Crippen molar-refractivity contribution in [3.63, 3.8) is 0 Å². The number of halogens is 4. The molecule has 192 valence electrons. The summed E-state index contributed by atoms with van der Waals surface area (Å²) in [5.41, 5.74) is 2.51. The van der Waals surface area contributed by atoms with E-state index in [2.05, 4.69) is 16.8 Å². The summed E-state index contributed by atoms with van der Waals surface area (Å²) in [5, 5.41) is -0.264. The average molecular weight is 519 g/mol. The topological polar surface area (TPSA) is 42.4 Å². The SMILES string of the molecule is Cc1ccnc(C(C)CN(CCCOc2cccc(CC=O)c2)Cc2cccc(C(F)(F)F)c2Cl)c1. The van der Waals surface area contributed by atoms with Crippen molar-refractivity contribution in [1.29, 1.82) is 0 Å². The van der Waals surface area contributed by atoms with Gasteiger partial charge in [0.05, 0.1) is 17.2 Å². The quantitative estimate of drug-likeness (QED) is 0.194. The van der Waals surface area contributed by atoms with Gasteiger partial charge >= 0.3 is 6.18 Å². The summed E-state index contributed by atoms with van der Waals surface area (Å²) in [6.07, 6.45) is -0.916. The number of aromatic nitrogens is 1. The minimum Gasteiger partial charge on any atom is -0.494 e. The summed E-state index contributed by atoms with van der Waals surface area (Å²) in [6, 6.07) is 15.4. The maximum Gasteiger partial charge on any atom is 0.417 e. The Bertz CT molecular complexity index is 1150. The fraction of sp³-hybridized carbons (Fsp3) is 0.357. The summed E-state index contributed by atoms with van der Waals surface area (Å²) in [4.78, 5) is 17.3. The predicted octanol–water partition coefficient (Wildman–Crippen LogP) is 6.88. The van der Waals surface area contributed by atoms with Crippen molar-refractivity contribution in [3.8, 4) is 5.75 Å². The number of hydrogen-bond acceptors (Lipinski definition) is 4. The molecule has 8 heteroatoms. The molecule has 0 radical (unpaired) electrons. The smallest absolute Gasteiger partial charge is 0.417 e. The third-order valence-electron chi connectivity index (χ3n) is 5.86. The lowest BCUT2D eigenvalue weighted by Gasteiger charge is -2.27. The van der Waals surface area contributed by atoms with E-state index < -0.39 is 11.7 Å². The summed E-state index contributed by atoms with van der Waals surface area (Å²) in [6.45, 7) is 5.94. The summed E-state index contributed by atoms with van der Waals surface area (Å²) in [5.74, 6) is 0.745. The van der Waals surface area contributed by atoms with Gasteiger partial charge in [-0.2, -0.15) is 13.2 Å². The maximum absolute atomic E-state index is 13.4. The molecule has 0 aliphatic rings. The highest BCUT2D eigenvalue weighted by Crippen LogP contribution is 2.36. The Balaban J connectivity index is 1.70. The second kappa shape index (κ2) is 12.9. The van der Waals surface area contributed by atoms with Crippen LogP contribution in [-0.4, -0.2) is 35.9 Å². The van der Waals surface area contributed by atoms with Crippen LogP contribution in [0.5, 0.6) is 5.75 Å². The van der Waals surface area contributed by atoms with E-state index in [0.717, 1.165) is 29.2 Å². The van der Waals surface area contributed by atoms with Crippen LogP contribution in [0.3, 0.4) is 0 Å². The van der Waals surface area contributed by atoms with Gasteiger partial charge in [-0.15, -0.1) is 0 Å². The van der Waals surface area contributed by atoms with Gasteiger partial charge in [0.2, 0.25) is 0 Å². The first-order valence-corrected chi connectivity index (χ1v) is 12.2. The summed E-state index contributed by atoms with van der Waals surface area (Å²) >= 11 is 6.19. The van der Waals surface area contributed by atoms with E-state index in [4.69, 9.17) is 16.3 Å². The molecule has 1 heterocycles. The van der Waals surface area contributed by atoms with Crippen LogP contribution in [0.1, 0.15) is 47.2 Å². The molecular formula is C28H30ClF3N2O2. The third kappa shape index (κ3) is 8.07. The van der Waals surface area contributed by atoms with Gasteiger partial charge in [-0.25, -0.2) is 0 Å². The van der Waals surface area contributed by atoms with Crippen LogP contribution in [0.4, 0.5) is 13.2 Å². The first-order valence-electron chi connectivity index (χ1n) is 11.8. The molecule has 3 rings (SSSR count). The highest BCUT2D eigenvalue weighted by Gasteiger charge is 2.34. The van der Waals surface area contributed by atoms with E-state index >= 15 is 0 Å². The number of pyridine rings is 1. The standard InChI is InChI=1S/C28H30ClF3N2O2/c1-20-10-12-33-26(16-20)21(2)18-34(19-23-7-4-9-25(27(23)29)28(30,31)32)13-5-15-36-24-8-3-6-22(17-24)11-14-35/h3-4,6-10,12,14,16-17,21H,5,11,13,15,18-19H2,1-2H3. The molecule has 1 atom stereocenters. The van der Waals surface area contributed by atoms with Crippen LogP contribution >= 0.6 is 11.6 Å². The van der Waals surface area contributed by atoms with Crippen LogP contribution in [0.25, 0.3) is 0 Å². The highest BCUT2D eigenvalue weighted by molar-refractivity contribution is 6.32. The highest BCUT2D eigenvalue weighted by atomic mass is 35.5. The molecule has 0 amide bonds. The number of hydrogen-bond donors (Lipinski definition) is 0. The Morgan fingerprint density at radius 3 is 2.64 bits per heavy atom. The van der Waals surface area contributed by atoms with Crippen molar-refractivity contribution in [2.45, 2.75) is 45.3 Å².